The Bertz CT molecular complexity index is 335. The van der Waals surface area contributed by atoms with E-state index in [0.29, 0.717) is 12.5 Å². The fourth-order valence-electron chi connectivity index (χ4n) is 1.73. The Labute approximate surface area is 110 Å². The van der Waals surface area contributed by atoms with Crippen LogP contribution in [0.2, 0.25) is 0 Å². The number of methoxy groups -OCH3 is 1. The zero-order valence-electron chi connectivity index (χ0n) is 11.8. The summed E-state index contributed by atoms with van der Waals surface area (Å²) in [7, 11) is 1.69. The molecule has 0 amide bonds. The van der Waals surface area contributed by atoms with Crippen molar-refractivity contribution in [2.24, 2.45) is 0 Å². The van der Waals surface area contributed by atoms with Gasteiger partial charge in [-0.2, -0.15) is 0 Å². The van der Waals surface area contributed by atoms with Gasteiger partial charge in [-0.25, -0.2) is 0 Å². The molecule has 1 rings (SSSR count). The lowest BCUT2D eigenvalue weighted by Crippen LogP contribution is -2.29. The SMILES string of the molecule is COC(C)CNCC(O)c1ccc(C(C)C)cc1. The first-order valence-corrected chi connectivity index (χ1v) is 6.56. The van der Waals surface area contributed by atoms with E-state index in [4.69, 9.17) is 4.74 Å². The summed E-state index contributed by atoms with van der Waals surface area (Å²) < 4.78 is 5.14. The van der Waals surface area contributed by atoms with Crippen LogP contribution in [-0.2, 0) is 4.74 Å². The number of benzene rings is 1. The molecule has 0 bridgehead atoms. The monoisotopic (exact) mass is 251 g/mol. The molecule has 0 radical (unpaired) electrons. The van der Waals surface area contributed by atoms with E-state index in [1.54, 1.807) is 7.11 Å². The highest BCUT2D eigenvalue weighted by Gasteiger charge is 2.08. The van der Waals surface area contributed by atoms with Crippen LogP contribution < -0.4 is 5.32 Å². The number of hydrogen-bond acceptors (Lipinski definition) is 3. The van der Waals surface area contributed by atoms with E-state index in [1.165, 1.54) is 5.56 Å². The molecule has 0 aromatic heterocycles. The molecule has 2 atom stereocenters. The first-order chi connectivity index (χ1) is 8.54. The molecule has 0 saturated heterocycles. The molecule has 3 nitrogen and oxygen atoms in total. The summed E-state index contributed by atoms with van der Waals surface area (Å²) in [6.07, 6.45) is -0.296. The van der Waals surface area contributed by atoms with Crippen LogP contribution in [0.4, 0.5) is 0 Å². The first-order valence-electron chi connectivity index (χ1n) is 6.56. The zero-order valence-corrected chi connectivity index (χ0v) is 11.8. The minimum absolute atomic E-state index is 0.167. The summed E-state index contributed by atoms with van der Waals surface area (Å²) >= 11 is 0. The van der Waals surface area contributed by atoms with Gasteiger partial charge in [0, 0.05) is 20.2 Å². The molecule has 1 aromatic rings. The van der Waals surface area contributed by atoms with Crippen LogP contribution in [0.1, 0.15) is 43.9 Å². The van der Waals surface area contributed by atoms with E-state index in [1.807, 2.05) is 19.1 Å². The average Bonchev–Trinajstić information content (AvgIpc) is 2.38. The highest BCUT2D eigenvalue weighted by atomic mass is 16.5. The van der Waals surface area contributed by atoms with Gasteiger partial charge in [0.15, 0.2) is 0 Å². The summed E-state index contributed by atoms with van der Waals surface area (Å²) in [6, 6.07) is 8.17. The van der Waals surface area contributed by atoms with E-state index in [9.17, 15) is 5.11 Å². The number of ether oxygens (including phenoxy) is 1. The molecular formula is C15H25NO2. The molecule has 1 aromatic carbocycles. The van der Waals surface area contributed by atoms with Crippen molar-refractivity contribution in [2.45, 2.75) is 38.9 Å². The van der Waals surface area contributed by atoms with E-state index in [0.717, 1.165) is 12.1 Å². The Hall–Kier alpha value is -0.900. The number of hydrogen-bond donors (Lipinski definition) is 2. The smallest absolute Gasteiger partial charge is 0.0914 e. The number of nitrogens with one attached hydrogen (secondary N) is 1. The molecule has 3 heteroatoms. The van der Waals surface area contributed by atoms with Crippen molar-refractivity contribution in [2.75, 3.05) is 20.2 Å². The molecule has 0 aliphatic rings. The molecule has 2 unspecified atom stereocenters. The minimum atomic E-state index is -0.463. The first kappa shape index (κ1) is 15.2. The molecule has 2 N–H and O–H groups in total. The van der Waals surface area contributed by atoms with E-state index in [2.05, 4.69) is 31.3 Å². The molecule has 0 fully saturated rings. The third-order valence-electron chi connectivity index (χ3n) is 3.16. The van der Waals surface area contributed by atoms with Crippen LogP contribution >= 0.6 is 0 Å². The maximum absolute atomic E-state index is 10.0. The molecule has 0 aliphatic carbocycles. The van der Waals surface area contributed by atoms with Gasteiger partial charge in [-0.15, -0.1) is 0 Å². The van der Waals surface area contributed by atoms with E-state index >= 15 is 0 Å². The predicted octanol–water partition coefficient (Wildman–Crippen LogP) is 2.47. The maximum atomic E-state index is 10.0. The zero-order chi connectivity index (χ0) is 13.5. The highest BCUT2D eigenvalue weighted by Crippen LogP contribution is 2.18. The Morgan fingerprint density at radius 3 is 2.11 bits per heavy atom. The fourth-order valence-corrected chi connectivity index (χ4v) is 1.73. The van der Waals surface area contributed by atoms with Crippen molar-refractivity contribution >= 4 is 0 Å². The topological polar surface area (TPSA) is 41.5 Å². The lowest BCUT2D eigenvalue weighted by molar-refractivity contribution is 0.109. The number of aliphatic hydroxyl groups excluding tert-OH is 1. The fraction of sp³-hybridized carbons (Fsp3) is 0.600. The standard InChI is InChI=1S/C15H25NO2/c1-11(2)13-5-7-14(8-6-13)15(17)10-16-9-12(3)18-4/h5-8,11-12,15-17H,9-10H2,1-4H3. The second-order valence-corrected chi connectivity index (χ2v) is 5.04. The van der Waals surface area contributed by atoms with Crippen molar-refractivity contribution < 1.29 is 9.84 Å². The van der Waals surface area contributed by atoms with Crippen molar-refractivity contribution in [3.8, 4) is 0 Å². The number of rotatable bonds is 7. The summed E-state index contributed by atoms with van der Waals surface area (Å²) in [5.74, 6) is 0.525. The van der Waals surface area contributed by atoms with Gasteiger partial charge in [-0.1, -0.05) is 38.1 Å². The maximum Gasteiger partial charge on any atom is 0.0914 e. The highest BCUT2D eigenvalue weighted by molar-refractivity contribution is 5.26. The Kier molecular flexibility index (Phi) is 6.33. The van der Waals surface area contributed by atoms with Gasteiger partial charge in [0.1, 0.15) is 0 Å². The Balaban J connectivity index is 2.44. The van der Waals surface area contributed by atoms with Crippen LogP contribution in [0, 0.1) is 0 Å². The van der Waals surface area contributed by atoms with Crippen LogP contribution in [0.25, 0.3) is 0 Å². The lowest BCUT2D eigenvalue weighted by Gasteiger charge is -2.15. The van der Waals surface area contributed by atoms with Crippen molar-refractivity contribution in [1.29, 1.82) is 0 Å². The largest absolute Gasteiger partial charge is 0.387 e. The molecule has 0 saturated carbocycles. The quantitative estimate of drug-likeness (QED) is 0.782. The third-order valence-corrected chi connectivity index (χ3v) is 3.16. The summed E-state index contributed by atoms with van der Waals surface area (Å²) in [4.78, 5) is 0. The predicted molar refractivity (Wildman–Crippen MR) is 74.8 cm³/mol. The Morgan fingerprint density at radius 1 is 1.06 bits per heavy atom. The van der Waals surface area contributed by atoms with Gasteiger partial charge < -0.3 is 15.2 Å². The molecule has 102 valence electrons. The van der Waals surface area contributed by atoms with Crippen LogP contribution in [0.3, 0.4) is 0 Å². The molecule has 0 spiro atoms. The number of aliphatic hydroxyl groups is 1. The minimum Gasteiger partial charge on any atom is -0.387 e. The van der Waals surface area contributed by atoms with Crippen molar-refractivity contribution in [1.82, 2.24) is 5.32 Å². The van der Waals surface area contributed by atoms with Crippen molar-refractivity contribution in [3.05, 3.63) is 35.4 Å². The van der Waals surface area contributed by atoms with Gasteiger partial charge in [-0.05, 0) is 24.0 Å². The second-order valence-electron chi connectivity index (χ2n) is 5.04. The van der Waals surface area contributed by atoms with E-state index < -0.39 is 6.10 Å². The summed E-state index contributed by atoms with van der Waals surface area (Å²) in [5, 5.41) is 13.2. The molecule has 0 aliphatic heterocycles. The molecule has 0 heterocycles. The van der Waals surface area contributed by atoms with Gasteiger partial charge in [0.2, 0.25) is 0 Å². The molecular weight excluding hydrogens is 226 g/mol. The summed E-state index contributed by atoms with van der Waals surface area (Å²) in [6.45, 7) is 7.63. The summed E-state index contributed by atoms with van der Waals surface area (Å²) in [5.41, 5.74) is 2.25. The Morgan fingerprint density at radius 2 is 1.61 bits per heavy atom. The van der Waals surface area contributed by atoms with Crippen molar-refractivity contribution in [3.63, 3.8) is 0 Å². The lowest BCUT2D eigenvalue weighted by atomic mass is 10.00. The molecule has 18 heavy (non-hydrogen) atoms. The normalized spacial score (nSPS) is 14.8. The second kappa shape index (κ2) is 7.52. The van der Waals surface area contributed by atoms with Gasteiger partial charge >= 0.3 is 0 Å². The van der Waals surface area contributed by atoms with Crippen LogP contribution in [0.5, 0.6) is 0 Å². The van der Waals surface area contributed by atoms with Crippen LogP contribution in [0.15, 0.2) is 24.3 Å². The average molecular weight is 251 g/mol. The van der Waals surface area contributed by atoms with Gasteiger partial charge in [0.05, 0.1) is 12.2 Å². The van der Waals surface area contributed by atoms with Gasteiger partial charge in [0.25, 0.3) is 0 Å². The third kappa shape index (κ3) is 4.77. The van der Waals surface area contributed by atoms with Gasteiger partial charge in [-0.3, -0.25) is 0 Å². The van der Waals surface area contributed by atoms with E-state index in [-0.39, 0.29) is 6.10 Å². The van der Waals surface area contributed by atoms with Crippen LogP contribution in [-0.4, -0.2) is 31.4 Å².